The third-order valence-corrected chi connectivity index (χ3v) is 5.61. The summed E-state index contributed by atoms with van der Waals surface area (Å²) < 4.78 is 0. The van der Waals surface area contributed by atoms with Crippen LogP contribution in [0.15, 0.2) is 73.1 Å². The van der Waals surface area contributed by atoms with Gasteiger partial charge in [0.15, 0.2) is 0 Å². The van der Waals surface area contributed by atoms with Gasteiger partial charge in [0.05, 0.1) is 11.6 Å². The van der Waals surface area contributed by atoms with Crippen LogP contribution in [-0.2, 0) is 11.3 Å². The van der Waals surface area contributed by atoms with Crippen molar-refractivity contribution in [3.05, 3.63) is 78.6 Å². The Bertz CT molecular complexity index is 1170. The van der Waals surface area contributed by atoms with Crippen molar-refractivity contribution in [3.63, 3.8) is 0 Å². The molecule has 1 aliphatic rings. The van der Waals surface area contributed by atoms with Crippen LogP contribution >= 0.6 is 0 Å². The summed E-state index contributed by atoms with van der Waals surface area (Å²) in [6, 6.07) is 19.8. The second-order valence-corrected chi connectivity index (χ2v) is 7.79. The Morgan fingerprint density at radius 2 is 1.94 bits per heavy atom. The predicted octanol–water partition coefficient (Wildman–Crippen LogP) is 3.04. The number of nitrogens with zero attached hydrogens (tertiary/aromatic N) is 3. The van der Waals surface area contributed by atoms with Crippen LogP contribution in [-0.4, -0.2) is 51.7 Å². The molecule has 3 heterocycles. The molecule has 5 rings (SSSR count). The molecular formula is C24H24N6O. The minimum absolute atomic E-state index is 0.0222. The van der Waals surface area contributed by atoms with Gasteiger partial charge < -0.3 is 10.6 Å². The number of benzene rings is 2. The minimum Gasteiger partial charge on any atom is -0.325 e. The zero-order chi connectivity index (χ0) is 21.0. The third-order valence-electron chi connectivity index (χ3n) is 5.61. The molecule has 7 nitrogen and oxygen atoms in total. The molecule has 31 heavy (non-hydrogen) atoms. The number of carbonyl (C=O) groups excluding carboxylic acids is 1. The number of hydrogen-bond donors (Lipinski definition) is 3. The first-order valence-electron chi connectivity index (χ1n) is 10.5. The molecule has 0 bridgehead atoms. The molecule has 7 heteroatoms. The highest BCUT2D eigenvalue weighted by Gasteiger charge is 2.25. The van der Waals surface area contributed by atoms with Gasteiger partial charge in [-0.2, -0.15) is 5.10 Å². The molecule has 2 aromatic heterocycles. The number of rotatable bonds is 5. The monoisotopic (exact) mass is 412 g/mol. The van der Waals surface area contributed by atoms with E-state index in [2.05, 4.69) is 42.8 Å². The highest BCUT2D eigenvalue weighted by Crippen LogP contribution is 2.28. The lowest BCUT2D eigenvalue weighted by molar-refractivity contribution is -0.119. The fourth-order valence-electron chi connectivity index (χ4n) is 4.02. The first kappa shape index (κ1) is 19.4. The van der Waals surface area contributed by atoms with Crippen LogP contribution in [0, 0.1) is 0 Å². The van der Waals surface area contributed by atoms with Crippen LogP contribution in [0.3, 0.4) is 0 Å². The number of aromatic nitrogens is 3. The van der Waals surface area contributed by atoms with E-state index in [1.165, 1.54) is 5.56 Å². The number of aromatic amines is 1. The van der Waals surface area contributed by atoms with E-state index in [1.54, 1.807) is 12.4 Å². The summed E-state index contributed by atoms with van der Waals surface area (Å²) >= 11 is 0. The number of amides is 1. The first-order chi connectivity index (χ1) is 15.3. The average molecular weight is 412 g/mol. The Hall–Kier alpha value is -3.55. The molecule has 156 valence electrons. The van der Waals surface area contributed by atoms with Crippen molar-refractivity contribution in [2.75, 3.05) is 25.0 Å². The van der Waals surface area contributed by atoms with E-state index in [1.807, 2.05) is 48.5 Å². The quantitative estimate of drug-likeness (QED) is 0.469. The Balaban J connectivity index is 1.29. The van der Waals surface area contributed by atoms with Gasteiger partial charge in [0.1, 0.15) is 5.69 Å². The standard InChI is InChI=1S/C24H24N6O/c31-24(22-16-30(13-12-26-22)15-17-4-2-1-3-5-17)27-19-6-7-21-20(14-19)23(29-28-21)18-8-10-25-11-9-18/h1-11,14,22,26H,12-13,15-16H2,(H,27,31)(H,28,29). The van der Waals surface area contributed by atoms with Crippen LogP contribution in [0.5, 0.6) is 0 Å². The summed E-state index contributed by atoms with van der Waals surface area (Å²) in [5, 5.41) is 14.9. The summed E-state index contributed by atoms with van der Waals surface area (Å²) in [5.41, 5.74) is 4.77. The number of piperazine rings is 1. The topological polar surface area (TPSA) is 85.9 Å². The lowest BCUT2D eigenvalue weighted by Crippen LogP contribution is -2.55. The van der Waals surface area contributed by atoms with Gasteiger partial charge >= 0.3 is 0 Å². The lowest BCUT2D eigenvalue weighted by atomic mass is 10.1. The molecule has 1 fully saturated rings. The molecule has 1 unspecified atom stereocenters. The molecule has 2 aromatic carbocycles. The highest BCUT2D eigenvalue weighted by molar-refractivity contribution is 6.00. The molecule has 1 amide bonds. The van der Waals surface area contributed by atoms with Crippen molar-refractivity contribution in [2.45, 2.75) is 12.6 Å². The van der Waals surface area contributed by atoms with Crippen molar-refractivity contribution < 1.29 is 4.79 Å². The number of H-pyrrole nitrogens is 1. The van der Waals surface area contributed by atoms with E-state index in [-0.39, 0.29) is 11.9 Å². The number of pyridine rings is 1. The number of nitrogens with one attached hydrogen (secondary N) is 3. The lowest BCUT2D eigenvalue weighted by Gasteiger charge is -2.33. The minimum atomic E-state index is -0.253. The fourth-order valence-corrected chi connectivity index (χ4v) is 4.02. The largest absolute Gasteiger partial charge is 0.325 e. The number of carbonyl (C=O) groups is 1. The van der Waals surface area contributed by atoms with Crippen molar-refractivity contribution >= 4 is 22.5 Å². The maximum atomic E-state index is 13.0. The Morgan fingerprint density at radius 1 is 1.10 bits per heavy atom. The van der Waals surface area contributed by atoms with Gasteiger partial charge in [-0.3, -0.25) is 19.8 Å². The van der Waals surface area contributed by atoms with E-state index < -0.39 is 0 Å². The van der Waals surface area contributed by atoms with Gasteiger partial charge in [0.2, 0.25) is 5.91 Å². The Morgan fingerprint density at radius 3 is 2.77 bits per heavy atom. The van der Waals surface area contributed by atoms with E-state index in [0.717, 1.165) is 47.5 Å². The molecule has 0 saturated carbocycles. The van der Waals surface area contributed by atoms with Crippen molar-refractivity contribution in [1.82, 2.24) is 25.4 Å². The zero-order valence-corrected chi connectivity index (χ0v) is 17.1. The zero-order valence-electron chi connectivity index (χ0n) is 17.1. The smallest absolute Gasteiger partial charge is 0.242 e. The van der Waals surface area contributed by atoms with Crippen LogP contribution in [0.25, 0.3) is 22.2 Å². The van der Waals surface area contributed by atoms with E-state index in [4.69, 9.17) is 0 Å². The van der Waals surface area contributed by atoms with Gasteiger partial charge in [0, 0.05) is 55.2 Å². The molecular weight excluding hydrogens is 388 g/mol. The summed E-state index contributed by atoms with van der Waals surface area (Å²) in [6.45, 7) is 3.24. The summed E-state index contributed by atoms with van der Waals surface area (Å²) in [5.74, 6) is -0.0222. The molecule has 1 saturated heterocycles. The summed E-state index contributed by atoms with van der Waals surface area (Å²) in [7, 11) is 0. The third kappa shape index (κ3) is 4.33. The normalized spacial score (nSPS) is 17.0. The van der Waals surface area contributed by atoms with Crippen LogP contribution in [0.4, 0.5) is 5.69 Å². The Kier molecular flexibility index (Phi) is 5.43. The Labute approximate surface area is 180 Å². The fraction of sp³-hybridized carbons (Fsp3) is 0.208. The van der Waals surface area contributed by atoms with Gasteiger partial charge in [-0.25, -0.2) is 0 Å². The maximum absolute atomic E-state index is 13.0. The molecule has 4 aromatic rings. The van der Waals surface area contributed by atoms with Gasteiger partial charge in [-0.05, 0) is 35.9 Å². The molecule has 0 radical (unpaired) electrons. The average Bonchev–Trinajstić information content (AvgIpc) is 3.24. The van der Waals surface area contributed by atoms with Crippen LogP contribution < -0.4 is 10.6 Å². The van der Waals surface area contributed by atoms with Crippen molar-refractivity contribution in [3.8, 4) is 11.3 Å². The summed E-state index contributed by atoms with van der Waals surface area (Å²) in [4.78, 5) is 19.3. The highest BCUT2D eigenvalue weighted by atomic mass is 16.2. The van der Waals surface area contributed by atoms with Gasteiger partial charge in [0.25, 0.3) is 0 Å². The van der Waals surface area contributed by atoms with Gasteiger partial charge in [-0.15, -0.1) is 0 Å². The second-order valence-electron chi connectivity index (χ2n) is 7.79. The molecule has 1 atom stereocenters. The second kappa shape index (κ2) is 8.67. The molecule has 3 N–H and O–H groups in total. The predicted molar refractivity (Wildman–Crippen MR) is 121 cm³/mol. The molecule has 0 aliphatic carbocycles. The van der Waals surface area contributed by atoms with Gasteiger partial charge in [-0.1, -0.05) is 30.3 Å². The van der Waals surface area contributed by atoms with E-state index in [9.17, 15) is 4.79 Å². The van der Waals surface area contributed by atoms with Crippen LogP contribution in [0.2, 0.25) is 0 Å². The van der Waals surface area contributed by atoms with Crippen molar-refractivity contribution in [2.24, 2.45) is 0 Å². The molecule has 0 spiro atoms. The molecule has 1 aliphatic heterocycles. The number of anilines is 1. The number of fused-ring (bicyclic) bond motifs is 1. The van der Waals surface area contributed by atoms with Crippen molar-refractivity contribution in [1.29, 1.82) is 0 Å². The first-order valence-corrected chi connectivity index (χ1v) is 10.5. The SMILES string of the molecule is O=C(Nc1ccc2[nH]nc(-c3ccncc3)c2c1)C1CN(Cc2ccccc2)CCN1. The number of hydrogen-bond acceptors (Lipinski definition) is 5. The maximum Gasteiger partial charge on any atom is 0.242 e. The van der Waals surface area contributed by atoms with Crippen LogP contribution in [0.1, 0.15) is 5.56 Å². The van der Waals surface area contributed by atoms with E-state index in [0.29, 0.717) is 6.54 Å². The summed E-state index contributed by atoms with van der Waals surface area (Å²) in [6.07, 6.45) is 3.49. The van der Waals surface area contributed by atoms with E-state index >= 15 is 0 Å².